The van der Waals surface area contributed by atoms with Crippen molar-refractivity contribution in [2.45, 2.75) is 6.29 Å². The maximum atomic E-state index is 11.5. The first kappa shape index (κ1) is 11.5. The highest BCUT2D eigenvalue weighted by atomic mass is 31.2. The van der Waals surface area contributed by atoms with Gasteiger partial charge in [0, 0.05) is 19.8 Å². The van der Waals surface area contributed by atoms with E-state index in [9.17, 15) is 4.79 Å². The van der Waals surface area contributed by atoms with Gasteiger partial charge < -0.3 is 13.8 Å². The van der Waals surface area contributed by atoms with Crippen LogP contribution in [0.5, 0.6) is 0 Å². The molecule has 0 N–H and O–H groups in total. The third kappa shape index (κ3) is 2.08. The zero-order chi connectivity index (χ0) is 11.5. The second-order valence-corrected chi connectivity index (χ2v) is 4.41. The average Bonchev–Trinajstić information content (AvgIpc) is 2.64. The number of rotatable bonds is 4. The molecule has 86 valence electrons. The Kier molecular flexibility index (Phi) is 3.51. The van der Waals surface area contributed by atoms with Gasteiger partial charge in [-0.2, -0.15) is 0 Å². The summed E-state index contributed by atoms with van der Waals surface area (Å²) in [7, 11) is 1.45. The van der Waals surface area contributed by atoms with Gasteiger partial charge in [0.2, 0.25) is 6.29 Å². The van der Waals surface area contributed by atoms with E-state index in [4.69, 9.17) is 18.3 Å². The maximum Gasteiger partial charge on any atom is 0.341 e. The van der Waals surface area contributed by atoms with Crippen LogP contribution in [-0.2, 0) is 18.3 Å². The van der Waals surface area contributed by atoms with Gasteiger partial charge in [-0.1, -0.05) is 18.2 Å². The molecule has 0 aromatic heterocycles. The number of cyclic esters (lactones) is 1. The molecule has 6 heteroatoms. The molecule has 0 spiro atoms. The zero-order valence-electron chi connectivity index (χ0n) is 8.88. The van der Waals surface area contributed by atoms with Crippen molar-refractivity contribution in [2.24, 2.45) is 0 Å². The molecule has 0 fully saturated rings. The van der Waals surface area contributed by atoms with Gasteiger partial charge in [-0.3, -0.25) is 4.52 Å². The van der Waals surface area contributed by atoms with Gasteiger partial charge in [0.05, 0.1) is 5.56 Å². The van der Waals surface area contributed by atoms with E-state index in [2.05, 4.69) is 0 Å². The minimum Gasteiger partial charge on any atom is -0.427 e. The van der Waals surface area contributed by atoms with E-state index in [1.807, 2.05) is 6.07 Å². The van der Waals surface area contributed by atoms with Crippen molar-refractivity contribution in [1.29, 1.82) is 0 Å². The smallest absolute Gasteiger partial charge is 0.341 e. The van der Waals surface area contributed by atoms with Crippen molar-refractivity contribution < 1.29 is 23.1 Å². The summed E-state index contributed by atoms with van der Waals surface area (Å²) >= 11 is 0. The fourth-order valence-corrected chi connectivity index (χ4v) is 2.06. The number of fused-ring (bicyclic) bond motifs is 1. The molecule has 5 nitrogen and oxygen atoms in total. The number of hydrogen-bond donors (Lipinski definition) is 0. The lowest BCUT2D eigenvalue weighted by molar-refractivity contribution is -0.0462. The lowest BCUT2D eigenvalue weighted by Gasteiger charge is -2.16. The zero-order valence-corrected chi connectivity index (χ0v) is 9.77. The molecule has 0 saturated heterocycles. The van der Waals surface area contributed by atoms with E-state index in [0.29, 0.717) is 11.1 Å². The molecule has 1 aromatic carbocycles. The molecule has 1 unspecified atom stereocenters. The minimum atomic E-state index is -1.49. The summed E-state index contributed by atoms with van der Waals surface area (Å²) in [5.41, 5.74) is 1.23. The van der Waals surface area contributed by atoms with E-state index >= 15 is 0 Å². The second-order valence-electron chi connectivity index (χ2n) is 3.02. The normalized spacial score (nSPS) is 18.7. The predicted octanol–water partition coefficient (Wildman–Crippen LogP) is 2.39. The summed E-state index contributed by atoms with van der Waals surface area (Å²) in [5, 5.41) is 0. The van der Waals surface area contributed by atoms with Crippen LogP contribution in [0.15, 0.2) is 24.3 Å². The molecule has 1 aliphatic rings. The van der Waals surface area contributed by atoms with Crippen molar-refractivity contribution in [3.05, 3.63) is 35.4 Å². The Morgan fingerprint density at radius 3 is 2.62 bits per heavy atom. The molecule has 2 rings (SSSR count). The fraction of sp³-hybridized carbons (Fsp3) is 0.300. The highest BCUT2D eigenvalue weighted by Crippen LogP contribution is 2.46. The standard InChI is InChI=1S/C10H11O5P/c1-12-16(13-2)15-10-8-6-4-3-5-7(8)9(11)14-10/h3-6,10H,1-2H3. The first-order valence-corrected chi connectivity index (χ1v) is 5.71. The van der Waals surface area contributed by atoms with E-state index < -0.39 is 14.9 Å². The van der Waals surface area contributed by atoms with Gasteiger partial charge in [0.15, 0.2) is 0 Å². The minimum absolute atomic E-state index is 0.386. The molecule has 1 aliphatic heterocycles. The third-order valence-electron chi connectivity index (χ3n) is 2.13. The second kappa shape index (κ2) is 4.89. The monoisotopic (exact) mass is 242 g/mol. The average molecular weight is 242 g/mol. The largest absolute Gasteiger partial charge is 0.427 e. The van der Waals surface area contributed by atoms with E-state index in [0.717, 1.165) is 0 Å². The molecular weight excluding hydrogens is 231 g/mol. The van der Waals surface area contributed by atoms with Gasteiger partial charge in [0.1, 0.15) is 0 Å². The molecule has 1 aromatic rings. The molecule has 16 heavy (non-hydrogen) atoms. The van der Waals surface area contributed by atoms with Crippen LogP contribution in [-0.4, -0.2) is 20.2 Å². The van der Waals surface area contributed by atoms with Crippen LogP contribution in [0, 0.1) is 0 Å². The molecule has 1 heterocycles. The van der Waals surface area contributed by atoms with Crippen LogP contribution in [0.25, 0.3) is 0 Å². The van der Waals surface area contributed by atoms with E-state index in [-0.39, 0.29) is 5.97 Å². The van der Waals surface area contributed by atoms with Crippen LogP contribution < -0.4 is 0 Å². The van der Waals surface area contributed by atoms with Gasteiger partial charge in [0.25, 0.3) is 0 Å². The Labute approximate surface area is 94.3 Å². The summed E-state index contributed by atoms with van der Waals surface area (Å²) in [6.45, 7) is 0. The number of ether oxygens (including phenoxy) is 1. The van der Waals surface area contributed by atoms with Crippen LogP contribution in [0.1, 0.15) is 22.2 Å². The topological polar surface area (TPSA) is 54.0 Å². The van der Waals surface area contributed by atoms with E-state index in [1.54, 1.807) is 18.2 Å². The van der Waals surface area contributed by atoms with Crippen molar-refractivity contribution in [2.75, 3.05) is 14.2 Å². The molecule has 0 aliphatic carbocycles. The Balaban J connectivity index is 2.17. The quantitative estimate of drug-likeness (QED) is 0.599. The Morgan fingerprint density at radius 2 is 1.94 bits per heavy atom. The SMILES string of the molecule is COP(OC)OC1OC(=O)c2ccccc21. The molecule has 0 saturated carbocycles. The number of esters is 1. The summed E-state index contributed by atoms with van der Waals surface area (Å²) in [4.78, 5) is 11.5. The van der Waals surface area contributed by atoms with Crippen LogP contribution >= 0.6 is 8.60 Å². The number of hydrogen-bond acceptors (Lipinski definition) is 5. The van der Waals surface area contributed by atoms with Gasteiger partial charge in [-0.15, -0.1) is 0 Å². The fourth-order valence-electron chi connectivity index (χ4n) is 1.43. The Hall–Kier alpha value is -1.00. The van der Waals surface area contributed by atoms with Crippen molar-refractivity contribution in [1.82, 2.24) is 0 Å². The van der Waals surface area contributed by atoms with Crippen LogP contribution in [0.4, 0.5) is 0 Å². The summed E-state index contributed by atoms with van der Waals surface area (Å²) in [6, 6.07) is 7.07. The van der Waals surface area contributed by atoms with Gasteiger partial charge in [-0.25, -0.2) is 4.79 Å². The molecular formula is C10H11O5P. The number of carbonyl (C=O) groups excluding carboxylic acids is 1. The number of carbonyl (C=O) groups is 1. The van der Waals surface area contributed by atoms with Gasteiger partial charge in [-0.05, 0) is 6.07 Å². The molecule has 0 bridgehead atoms. The van der Waals surface area contributed by atoms with Crippen molar-refractivity contribution in [3.8, 4) is 0 Å². The molecule has 0 radical (unpaired) electrons. The highest BCUT2D eigenvalue weighted by Gasteiger charge is 2.33. The number of benzene rings is 1. The first-order valence-electron chi connectivity index (χ1n) is 4.61. The van der Waals surface area contributed by atoms with Crippen LogP contribution in [0.2, 0.25) is 0 Å². The summed E-state index contributed by atoms with van der Waals surface area (Å²) < 4.78 is 20.3. The highest BCUT2D eigenvalue weighted by molar-refractivity contribution is 7.41. The van der Waals surface area contributed by atoms with Crippen molar-refractivity contribution >= 4 is 14.6 Å². The lowest BCUT2D eigenvalue weighted by Crippen LogP contribution is -2.02. The third-order valence-corrected chi connectivity index (χ3v) is 3.09. The predicted molar refractivity (Wildman–Crippen MR) is 56.6 cm³/mol. The molecule has 1 atom stereocenters. The van der Waals surface area contributed by atoms with Crippen molar-refractivity contribution in [3.63, 3.8) is 0 Å². The maximum absolute atomic E-state index is 11.5. The van der Waals surface area contributed by atoms with E-state index in [1.165, 1.54) is 14.2 Å². The molecule has 0 amide bonds. The van der Waals surface area contributed by atoms with Crippen LogP contribution in [0.3, 0.4) is 0 Å². The summed E-state index contributed by atoms with van der Waals surface area (Å²) in [6.07, 6.45) is -0.741. The lowest BCUT2D eigenvalue weighted by atomic mass is 10.1. The Morgan fingerprint density at radius 1 is 1.25 bits per heavy atom. The van der Waals surface area contributed by atoms with Gasteiger partial charge >= 0.3 is 14.6 Å². The first-order chi connectivity index (χ1) is 7.76. The Bertz CT molecular complexity index is 391. The summed E-state index contributed by atoms with van der Waals surface area (Å²) in [5.74, 6) is -0.386.